The molecule has 1 atom stereocenters. The molecule has 0 radical (unpaired) electrons. The fourth-order valence-corrected chi connectivity index (χ4v) is 2.68. The number of likely N-dealkylation sites (tertiary alicyclic amines) is 1. The van der Waals surface area contributed by atoms with Crippen molar-refractivity contribution in [2.24, 2.45) is 5.73 Å². The first-order valence-corrected chi connectivity index (χ1v) is 7.56. The number of likely N-dealkylation sites (N-methyl/N-ethyl adjacent to an activating group) is 1. The van der Waals surface area contributed by atoms with Gasteiger partial charge in [-0.25, -0.2) is 4.79 Å². The molecule has 1 aromatic carbocycles. The van der Waals surface area contributed by atoms with Crippen LogP contribution in [0.25, 0.3) is 0 Å². The van der Waals surface area contributed by atoms with E-state index in [9.17, 15) is 4.79 Å². The van der Waals surface area contributed by atoms with Gasteiger partial charge in [0.1, 0.15) is 6.61 Å². The Bertz CT molecular complexity index is 438. The summed E-state index contributed by atoms with van der Waals surface area (Å²) >= 11 is 0. The summed E-state index contributed by atoms with van der Waals surface area (Å²) in [6.45, 7) is 3.34. The van der Waals surface area contributed by atoms with Gasteiger partial charge in [-0.1, -0.05) is 30.3 Å². The van der Waals surface area contributed by atoms with Gasteiger partial charge < -0.3 is 20.3 Å². The second-order valence-electron chi connectivity index (χ2n) is 5.55. The van der Waals surface area contributed by atoms with Crippen molar-refractivity contribution < 1.29 is 9.53 Å². The van der Waals surface area contributed by atoms with Gasteiger partial charge in [0.05, 0.1) is 0 Å². The third-order valence-electron chi connectivity index (χ3n) is 3.97. The third-order valence-corrected chi connectivity index (χ3v) is 3.97. The van der Waals surface area contributed by atoms with Crippen LogP contribution in [0.2, 0.25) is 0 Å². The van der Waals surface area contributed by atoms with Crippen LogP contribution in [0.3, 0.4) is 0 Å². The molecule has 0 bridgehead atoms. The van der Waals surface area contributed by atoms with Crippen molar-refractivity contribution >= 4 is 6.09 Å². The number of piperidine rings is 1. The maximum Gasteiger partial charge on any atom is 0.410 e. The number of amides is 1. The van der Waals surface area contributed by atoms with E-state index in [0.717, 1.165) is 38.0 Å². The van der Waals surface area contributed by atoms with Crippen LogP contribution in [-0.2, 0) is 11.3 Å². The van der Waals surface area contributed by atoms with E-state index in [2.05, 4.69) is 11.9 Å². The zero-order valence-corrected chi connectivity index (χ0v) is 12.7. The summed E-state index contributed by atoms with van der Waals surface area (Å²) < 4.78 is 5.40. The zero-order valence-electron chi connectivity index (χ0n) is 12.7. The number of hydrogen-bond acceptors (Lipinski definition) is 4. The van der Waals surface area contributed by atoms with Gasteiger partial charge in [0, 0.05) is 32.2 Å². The van der Waals surface area contributed by atoms with Crippen molar-refractivity contribution in [2.75, 3.05) is 33.2 Å². The van der Waals surface area contributed by atoms with E-state index >= 15 is 0 Å². The van der Waals surface area contributed by atoms with E-state index in [1.807, 2.05) is 35.2 Å². The molecule has 0 saturated carbocycles. The molecule has 1 unspecified atom stereocenters. The number of benzene rings is 1. The van der Waals surface area contributed by atoms with Gasteiger partial charge in [-0.05, 0) is 25.5 Å². The lowest BCUT2D eigenvalue weighted by Crippen LogP contribution is -2.49. The van der Waals surface area contributed by atoms with Crippen LogP contribution < -0.4 is 5.73 Å². The largest absolute Gasteiger partial charge is 0.445 e. The van der Waals surface area contributed by atoms with E-state index in [0.29, 0.717) is 19.2 Å². The fraction of sp³-hybridized carbons (Fsp3) is 0.562. The van der Waals surface area contributed by atoms with E-state index in [-0.39, 0.29) is 6.09 Å². The minimum atomic E-state index is -0.218. The van der Waals surface area contributed by atoms with Crippen molar-refractivity contribution in [3.63, 3.8) is 0 Å². The second-order valence-corrected chi connectivity index (χ2v) is 5.55. The highest BCUT2D eigenvalue weighted by Crippen LogP contribution is 2.16. The van der Waals surface area contributed by atoms with Crippen LogP contribution in [0.15, 0.2) is 30.3 Å². The van der Waals surface area contributed by atoms with Gasteiger partial charge in [0.25, 0.3) is 0 Å². The Kier molecular flexibility index (Phi) is 6.02. The van der Waals surface area contributed by atoms with E-state index < -0.39 is 0 Å². The standard InChI is InChI=1S/C16H25N3O2/c1-18(11-9-17)15-8-5-10-19(12-15)16(20)21-13-14-6-3-2-4-7-14/h2-4,6-7,15H,5,8-13,17H2,1H3. The SMILES string of the molecule is CN(CCN)C1CCCN(C(=O)OCc2ccccc2)C1. The van der Waals surface area contributed by atoms with Crippen LogP contribution in [0.5, 0.6) is 0 Å². The molecule has 1 aromatic rings. The lowest BCUT2D eigenvalue weighted by atomic mass is 10.1. The Morgan fingerprint density at radius 1 is 1.43 bits per heavy atom. The minimum Gasteiger partial charge on any atom is -0.445 e. The van der Waals surface area contributed by atoms with Crippen molar-refractivity contribution in [1.82, 2.24) is 9.80 Å². The quantitative estimate of drug-likeness (QED) is 0.896. The minimum absolute atomic E-state index is 0.218. The van der Waals surface area contributed by atoms with Crippen LogP contribution in [0, 0.1) is 0 Å². The summed E-state index contributed by atoms with van der Waals surface area (Å²) in [5.74, 6) is 0. The molecule has 1 fully saturated rings. The number of rotatable bonds is 5. The Hall–Kier alpha value is -1.59. The predicted octanol–water partition coefficient (Wildman–Crippen LogP) is 1.68. The molecule has 116 valence electrons. The topological polar surface area (TPSA) is 58.8 Å². The number of nitrogens with two attached hydrogens (primary N) is 1. The maximum absolute atomic E-state index is 12.2. The summed E-state index contributed by atoms with van der Waals surface area (Å²) in [6.07, 6.45) is 1.91. The van der Waals surface area contributed by atoms with Crippen LogP contribution in [0.1, 0.15) is 18.4 Å². The Labute approximate surface area is 126 Å². The summed E-state index contributed by atoms with van der Waals surface area (Å²) in [5.41, 5.74) is 6.61. The average molecular weight is 291 g/mol. The average Bonchev–Trinajstić information content (AvgIpc) is 2.54. The summed E-state index contributed by atoms with van der Waals surface area (Å²) in [4.78, 5) is 16.2. The van der Waals surface area contributed by atoms with Crippen LogP contribution >= 0.6 is 0 Å². The fourth-order valence-electron chi connectivity index (χ4n) is 2.68. The molecule has 2 N–H and O–H groups in total. The molecule has 1 aliphatic heterocycles. The Morgan fingerprint density at radius 3 is 2.90 bits per heavy atom. The number of nitrogens with zero attached hydrogens (tertiary/aromatic N) is 2. The second kappa shape index (κ2) is 8.00. The molecule has 1 heterocycles. The van der Waals surface area contributed by atoms with Gasteiger partial charge in [0.2, 0.25) is 0 Å². The van der Waals surface area contributed by atoms with E-state index in [1.54, 1.807) is 0 Å². The molecule has 1 aliphatic rings. The summed E-state index contributed by atoms with van der Waals surface area (Å²) in [6, 6.07) is 10.1. The van der Waals surface area contributed by atoms with Crippen molar-refractivity contribution in [3.05, 3.63) is 35.9 Å². The number of ether oxygens (including phenoxy) is 1. The van der Waals surface area contributed by atoms with Gasteiger partial charge >= 0.3 is 6.09 Å². The van der Waals surface area contributed by atoms with Crippen LogP contribution in [-0.4, -0.2) is 55.2 Å². The molecular weight excluding hydrogens is 266 g/mol. The van der Waals surface area contributed by atoms with Gasteiger partial charge in [-0.3, -0.25) is 0 Å². The molecule has 0 aromatic heterocycles. The highest BCUT2D eigenvalue weighted by atomic mass is 16.6. The highest BCUT2D eigenvalue weighted by Gasteiger charge is 2.26. The highest BCUT2D eigenvalue weighted by molar-refractivity contribution is 5.67. The Balaban J connectivity index is 1.81. The van der Waals surface area contributed by atoms with Crippen LogP contribution in [0.4, 0.5) is 4.79 Å². The molecule has 2 rings (SSSR count). The van der Waals surface area contributed by atoms with Crippen molar-refractivity contribution in [3.8, 4) is 0 Å². The molecule has 5 heteroatoms. The maximum atomic E-state index is 12.2. The van der Waals surface area contributed by atoms with Gasteiger partial charge in [-0.15, -0.1) is 0 Å². The molecular formula is C16H25N3O2. The number of hydrogen-bond donors (Lipinski definition) is 1. The first-order valence-electron chi connectivity index (χ1n) is 7.56. The van der Waals surface area contributed by atoms with Gasteiger partial charge in [-0.2, -0.15) is 0 Å². The Morgan fingerprint density at radius 2 is 2.19 bits per heavy atom. The molecule has 5 nitrogen and oxygen atoms in total. The first kappa shape index (κ1) is 15.8. The molecule has 0 spiro atoms. The van der Waals surface area contributed by atoms with E-state index in [4.69, 9.17) is 10.5 Å². The molecule has 21 heavy (non-hydrogen) atoms. The molecule has 0 aliphatic carbocycles. The normalized spacial score (nSPS) is 18.8. The lowest BCUT2D eigenvalue weighted by molar-refractivity contribution is 0.0674. The van der Waals surface area contributed by atoms with Crippen molar-refractivity contribution in [2.45, 2.75) is 25.5 Å². The number of carbonyl (C=O) groups is 1. The summed E-state index contributed by atoms with van der Waals surface area (Å²) in [7, 11) is 2.07. The monoisotopic (exact) mass is 291 g/mol. The zero-order chi connectivity index (χ0) is 15.1. The molecule has 1 amide bonds. The predicted molar refractivity (Wildman–Crippen MR) is 82.9 cm³/mol. The number of carbonyl (C=O) groups excluding carboxylic acids is 1. The van der Waals surface area contributed by atoms with Gasteiger partial charge in [0.15, 0.2) is 0 Å². The molecule has 1 saturated heterocycles. The first-order chi connectivity index (χ1) is 10.2. The third kappa shape index (κ3) is 4.72. The summed E-state index contributed by atoms with van der Waals surface area (Å²) in [5, 5.41) is 0. The smallest absolute Gasteiger partial charge is 0.410 e. The van der Waals surface area contributed by atoms with Crippen molar-refractivity contribution in [1.29, 1.82) is 0 Å². The van der Waals surface area contributed by atoms with E-state index in [1.165, 1.54) is 0 Å². The lowest BCUT2D eigenvalue weighted by Gasteiger charge is -2.36.